The summed E-state index contributed by atoms with van der Waals surface area (Å²) in [5, 5.41) is 15.0. The molecule has 24 heteroatoms. The van der Waals surface area contributed by atoms with Crippen molar-refractivity contribution in [1.29, 1.82) is 0 Å². The largest absolute Gasteiger partial charge is 0.369 e. The van der Waals surface area contributed by atoms with E-state index in [4.69, 9.17) is 28.7 Å². The Morgan fingerprint density at radius 2 is 0.610 bits per heavy atom. The first kappa shape index (κ1) is 112. The van der Waals surface area contributed by atoms with E-state index in [9.17, 15) is 65.5 Å². The Kier molecular flexibility index (Phi) is 46.4. The molecule has 0 saturated heterocycles. The summed E-state index contributed by atoms with van der Waals surface area (Å²) in [6.07, 6.45) is 27.8. The molecule has 20 nitrogen and oxygen atoms in total. The van der Waals surface area contributed by atoms with Crippen molar-refractivity contribution in [2.24, 2.45) is 134 Å². The molecule has 2 aromatic rings. The predicted molar refractivity (Wildman–Crippen MR) is 498 cm³/mol. The lowest BCUT2D eigenvalue weighted by molar-refractivity contribution is -0.139. The van der Waals surface area contributed by atoms with Gasteiger partial charge < -0.3 is 55.3 Å². The number of halogens is 4. The minimum atomic E-state index is -0.703. The number of carbonyl (C=O) groups is 10. The molecule has 0 unspecified atom stereocenters. The quantitative estimate of drug-likeness (QED) is 0.0287. The van der Waals surface area contributed by atoms with Gasteiger partial charge in [0.25, 0.3) is 0 Å². The molecule has 0 aromatic heterocycles. The lowest BCUT2D eigenvalue weighted by atomic mass is 9.70. The van der Waals surface area contributed by atoms with Gasteiger partial charge in [0.05, 0.1) is 11.8 Å². The Labute approximate surface area is 746 Å². The normalized spacial score (nSPS) is 17.7. The van der Waals surface area contributed by atoms with Crippen LogP contribution in [0.1, 0.15) is 365 Å². The molecular weight excluding hydrogens is 1570 g/mol. The highest BCUT2D eigenvalue weighted by atomic mass is 19.1. The van der Waals surface area contributed by atoms with Crippen molar-refractivity contribution < 1.29 is 72.6 Å². The minimum absolute atomic E-state index is 0. The Morgan fingerprint density at radius 3 is 0.902 bits per heavy atom. The average Bonchev–Trinajstić information content (AvgIpc) is 1.04. The van der Waals surface area contributed by atoms with E-state index in [1.54, 1.807) is 0 Å². The lowest BCUT2D eigenvalue weighted by Gasteiger charge is -2.37. The van der Waals surface area contributed by atoms with E-state index in [1.165, 1.54) is 101 Å². The zero-order chi connectivity index (χ0) is 94.3. The zero-order valence-corrected chi connectivity index (χ0v) is 80.7. The SMILES string of the molecule is CC(C)(C)C[C@@H](C(=O)NC(C)(C)C)[C@H](CCC1CCCC1)C(N)=O.CC(C)(C)NC(=O)[C@@H]([C@H](CCC1CCCC1)C(N)=O)C(C)(C)C.CC(C)(C)NC(=O)[C@H](CC1CCCC1)[C@H](CCc1cc(F)cc(F)c1)C(N)=O.CC(C)C[C@@H](C(=O)NC(C)(C)C)[C@H](CCc1cc(F)cc(F)c1)C(N)=O.CC(C)[C@@H](C(=O)NC(C)(C)C)[C@H](CCC1CCCC1)C(N)=O.[HH].[HH].[HH].[HH].[HH]. The summed E-state index contributed by atoms with van der Waals surface area (Å²) in [7, 11) is 0. The number of nitrogens with one attached hydrogen (secondary N) is 5. The molecule has 2 aromatic carbocycles. The van der Waals surface area contributed by atoms with E-state index in [0.717, 1.165) is 76.3 Å². The average molecular weight is 1750 g/mol. The van der Waals surface area contributed by atoms with Crippen LogP contribution in [0.5, 0.6) is 0 Å². The zero-order valence-electron chi connectivity index (χ0n) is 80.7. The predicted octanol–water partition coefficient (Wildman–Crippen LogP) is 19.8. The Bertz CT molecular complexity index is 3620. The summed E-state index contributed by atoms with van der Waals surface area (Å²) in [5.41, 5.74) is 27.1. The second kappa shape index (κ2) is 51.0. The minimum Gasteiger partial charge on any atom is -0.369 e. The third-order valence-electron chi connectivity index (χ3n) is 23.9. The van der Waals surface area contributed by atoms with Crippen LogP contribution in [0.2, 0.25) is 0 Å². The Morgan fingerprint density at radius 1 is 0.341 bits per heavy atom. The van der Waals surface area contributed by atoms with Crippen LogP contribution in [0, 0.1) is 129 Å². The molecule has 0 spiro atoms. The number of rotatable bonds is 36. The second-order valence-corrected chi connectivity index (χ2v) is 44.8. The highest BCUT2D eigenvalue weighted by Gasteiger charge is 2.44. The van der Waals surface area contributed by atoms with E-state index in [0.29, 0.717) is 54.1 Å². The van der Waals surface area contributed by atoms with Crippen LogP contribution in [0.15, 0.2) is 36.4 Å². The number of benzene rings is 2. The maximum atomic E-state index is 13.5. The van der Waals surface area contributed by atoms with E-state index in [2.05, 4.69) is 47.4 Å². The number of nitrogens with two attached hydrogens (primary N) is 5. The number of hydrogen-bond acceptors (Lipinski definition) is 10. The second-order valence-electron chi connectivity index (χ2n) is 44.8. The maximum absolute atomic E-state index is 13.5. The Balaban J connectivity index is -0.000000745. The third kappa shape index (κ3) is 46.2. The van der Waals surface area contributed by atoms with Crippen LogP contribution in [-0.2, 0) is 60.8 Å². The van der Waals surface area contributed by atoms with Crippen molar-refractivity contribution in [3.05, 3.63) is 70.8 Å². The first-order valence-electron chi connectivity index (χ1n) is 46.3. The number of amides is 10. The van der Waals surface area contributed by atoms with E-state index in [1.807, 2.05) is 152 Å². The standard InChI is InChI=1S/C22H32F2N2O2.C20H30F2N2O2.C20H38N2O2.C19H36N2O2.C18H34N2O2.5H2/c1-22(2,3)26-21(28)19(12-14-6-4-5-7-14)18(20(25)27)9-8-15-10-16(23)13-17(24)11-15;1-12(2)8-17(19(26)24-20(3,4)5)16(18(23)25)7-6-13-9-14(21)11-15(22)10-13;1-19(2,3)13-16(18(24)22-20(4,5)6)15(17(21)23)12-11-14-9-7-8-10-14;1-18(2,3)15(17(23)21-19(4,5)6)14(16(20)22)12-11-13-9-7-8-10-13;1-12(2)15(17(22)20-18(3,4)5)14(16(19)21)11-10-13-8-6-7-9-13;;;;;/h10-11,13-14,18-19H,4-9,12H2,1-3H3,(H2,25,27)(H,26,28);9-12,16-17H,6-8H2,1-5H3,(H2,23,25)(H,24,26);14-16H,7-13H2,1-6H3,(H2,21,23)(H,22,24);13-15H,7-12H2,1-6H3,(H2,20,22)(H,21,23);12-15H,6-11H2,1-5H3,(H2,19,21)(H,20,22);5*1H/t18-,19+;16-,17+;15-,16+;2*14-,15+;;;;;/m00000...../s1. The molecule has 4 aliphatic rings. The van der Waals surface area contributed by atoms with Crippen molar-refractivity contribution in [3.8, 4) is 0 Å². The first-order valence-corrected chi connectivity index (χ1v) is 46.3. The summed E-state index contributed by atoms with van der Waals surface area (Å²) in [6, 6.07) is 6.58. The highest BCUT2D eigenvalue weighted by Crippen LogP contribution is 2.41. The van der Waals surface area contributed by atoms with Crippen molar-refractivity contribution in [2.45, 2.75) is 387 Å². The molecule has 0 aliphatic heterocycles. The fourth-order valence-electron chi connectivity index (χ4n) is 18.4. The van der Waals surface area contributed by atoms with E-state index in [-0.39, 0.29) is 149 Å². The van der Waals surface area contributed by atoms with Crippen molar-refractivity contribution >= 4 is 59.1 Å². The van der Waals surface area contributed by atoms with E-state index < -0.39 is 75.8 Å². The van der Waals surface area contributed by atoms with Gasteiger partial charge in [-0.2, -0.15) is 0 Å². The van der Waals surface area contributed by atoms with Gasteiger partial charge in [-0.1, -0.05) is 172 Å². The summed E-state index contributed by atoms with van der Waals surface area (Å²) in [4.78, 5) is 124. The molecule has 4 fully saturated rings. The first-order chi connectivity index (χ1) is 56.4. The molecule has 0 bridgehead atoms. The molecule has 123 heavy (non-hydrogen) atoms. The summed E-state index contributed by atoms with van der Waals surface area (Å²) < 4.78 is 53.6. The van der Waals surface area contributed by atoms with Crippen LogP contribution >= 0.6 is 0 Å². The van der Waals surface area contributed by atoms with Gasteiger partial charge >= 0.3 is 0 Å². The topological polar surface area (TPSA) is 361 Å². The van der Waals surface area contributed by atoms with Gasteiger partial charge in [-0.05, 0) is 269 Å². The molecule has 4 saturated carbocycles. The van der Waals surface area contributed by atoms with E-state index >= 15 is 0 Å². The number of hydrogen-bond donors (Lipinski definition) is 10. The van der Waals surface area contributed by atoms with Gasteiger partial charge in [0.15, 0.2) is 0 Å². The van der Waals surface area contributed by atoms with Gasteiger partial charge in [-0.15, -0.1) is 0 Å². The molecule has 15 N–H and O–H groups in total. The molecule has 6 rings (SSSR count). The fraction of sp³-hybridized carbons (Fsp3) is 0.778. The van der Waals surface area contributed by atoms with Gasteiger partial charge in [0.1, 0.15) is 23.3 Å². The van der Waals surface area contributed by atoms with Crippen molar-refractivity contribution in [3.63, 3.8) is 0 Å². The van der Waals surface area contributed by atoms with Crippen LogP contribution in [0.4, 0.5) is 17.6 Å². The van der Waals surface area contributed by atoms with Gasteiger partial charge in [-0.25, -0.2) is 17.6 Å². The summed E-state index contributed by atoms with van der Waals surface area (Å²) >= 11 is 0. The van der Waals surface area contributed by atoms with Crippen LogP contribution in [0.25, 0.3) is 0 Å². The van der Waals surface area contributed by atoms with Gasteiger partial charge in [0.2, 0.25) is 59.1 Å². The molecule has 10 amide bonds. The van der Waals surface area contributed by atoms with Crippen LogP contribution in [0.3, 0.4) is 0 Å². The number of carbonyl (C=O) groups excluding carboxylic acids is 10. The monoisotopic (exact) mass is 1750 g/mol. The molecule has 10 atom stereocenters. The maximum Gasteiger partial charge on any atom is 0.224 e. The number of primary amides is 5. The number of aryl methyl sites for hydroxylation is 2. The Hall–Kier alpha value is -7.14. The molecule has 0 heterocycles. The summed E-state index contributed by atoms with van der Waals surface area (Å²) in [5.74, 6) is -7.14. The highest BCUT2D eigenvalue weighted by molar-refractivity contribution is 5.90. The third-order valence-corrected chi connectivity index (χ3v) is 23.9. The smallest absolute Gasteiger partial charge is 0.224 e. The van der Waals surface area contributed by atoms with Crippen molar-refractivity contribution in [1.82, 2.24) is 26.6 Å². The van der Waals surface area contributed by atoms with Crippen LogP contribution in [-0.4, -0.2) is 86.8 Å². The van der Waals surface area contributed by atoms with Gasteiger partial charge in [-0.3, -0.25) is 47.9 Å². The lowest BCUT2D eigenvalue weighted by Crippen LogP contribution is -2.51. The van der Waals surface area contributed by atoms with Gasteiger partial charge in [0, 0.05) is 94.3 Å². The molecular formula is C99H180F4N10O10. The summed E-state index contributed by atoms with van der Waals surface area (Å²) in [6.45, 7) is 49.3. The molecule has 714 valence electrons. The van der Waals surface area contributed by atoms with Crippen LogP contribution < -0.4 is 55.3 Å². The molecule has 4 aliphatic carbocycles. The van der Waals surface area contributed by atoms with Crippen molar-refractivity contribution in [2.75, 3.05) is 0 Å². The molecule has 0 radical (unpaired) electrons. The fourth-order valence-corrected chi connectivity index (χ4v) is 18.4.